The molecule has 0 amide bonds. The monoisotopic (exact) mass is 298 g/mol. The van der Waals surface area contributed by atoms with Gasteiger partial charge in [-0.3, -0.25) is 0 Å². The number of hydrogen-bond acceptors (Lipinski definition) is 0. The van der Waals surface area contributed by atoms with E-state index in [0.717, 1.165) is 11.8 Å². The smallest absolute Gasteiger partial charge is 1.00 e. The molecule has 0 radical (unpaired) electrons. The summed E-state index contributed by atoms with van der Waals surface area (Å²) in [5, 5.41) is 0. The fourth-order valence-corrected chi connectivity index (χ4v) is 2.63. The van der Waals surface area contributed by atoms with Crippen molar-refractivity contribution in [1.29, 1.82) is 0 Å². The van der Waals surface area contributed by atoms with Gasteiger partial charge in [-0.25, -0.2) is 0 Å². The van der Waals surface area contributed by atoms with Crippen LogP contribution in [0.5, 0.6) is 0 Å². The minimum Gasteiger partial charge on any atom is -1.00 e. The third-order valence-electron chi connectivity index (χ3n) is 3.55. The molecule has 0 saturated heterocycles. The van der Waals surface area contributed by atoms with E-state index in [9.17, 15) is 0 Å². The molecule has 16 heavy (non-hydrogen) atoms. The molecule has 2 heteroatoms. The molecular formula is C14H27BrMg. The summed E-state index contributed by atoms with van der Waals surface area (Å²) in [5.41, 5.74) is 0. The van der Waals surface area contributed by atoms with Gasteiger partial charge in [-0.2, -0.15) is 11.8 Å². The Labute approximate surface area is 129 Å². The summed E-state index contributed by atoms with van der Waals surface area (Å²) in [4.78, 5) is 0. The van der Waals surface area contributed by atoms with Gasteiger partial charge in [0.15, 0.2) is 0 Å². The van der Waals surface area contributed by atoms with E-state index in [4.69, 9.17) is 0 Å². The molecule has 0 N–H and O–H groups in total. The van der Waals surface area contributed by atoms with E-state index in [1.165, 1.54) is 57.8 Å². The van der Waals surface area contributed by atoms with Crippen LogP contribution < -0.4 is 17.0 Å². The second kappa shape index (κ2) is 12.7. The van der Waals surface area contributed by atoms with E-state index in [0.29, 0.717) is 0 Å². The van der Waals surface area contributed by atoms with Crippen LogP contribution in [0.25, 0.3) is 0 Å². The van der Waals surface area contributed by atoms with Crippen molar-refractivity contribution in [1.82, 2.24) is 0 Å². The van der Waals surface area contributed by atoms with Crippen LogP contribution in [0.15, 0.2) is 0 Å². The molecule has 0 spiro atoms. The van der Waals surface area contributed by atoms with Gasteiger partial charge >= 0.3 is 23.1 Å². The van der Waals surface area contributed by atoms with Gasteiger partial charge in [-0.15, -0.1) is 0 Å². The van der Waals surface area contributed by atoms with Gasteiger partial charge < -0.3 is 23.4 Å². The molecule has 1 rings (SSSR count). The van der Waals surface area contributed by atoms with Crippen molar-refractivity contribution in [3.63, 3.8) is 0 Å². The maximum absolute atomic E-state index is 2.69. The van der Waals surface area contributed by atoms with Crippen LogP contribution in [-0.4, -0.2) is 23.1 Å². The van der Waals surface area contributed by atoms with Crippen LogP contribution >= 0.6 is 0 Å². The maximum atomic E-state index is 2.69. The summed E-state index contributed by atoms with van der Waals surface area (Å²) in [6.45, 7) is 4.61. The van der Waals surface area contributed by atoms with Gasteiger partial charge in [0.2, 0.25) is 0 Å². The zero-order valence-corrected chi connectivity index (χ0v) is 14.2. The Morgan fingerprint density at radius 2 is 1.38 bits per heavy atom. The Kier molecular flexibility index (Phi) is 15.5. The van der Waals surface area contributed by atoms with Crippen LogP contribution in [0.2, 0.25) is 0 Å². The number of unbranched alkanes of at least 4 members (excludes halogenated alkanes) is 2. The number of hydrogen-bond donors (Lipinski definition) is 0. The third-order valence-corrected chi connectivity index (χ3v) is 3.55. The Morgan fingerprint density at radius 1 is 0.938 bits per heavy atom. The first kappa shape index (κ1) is 19.6. The first-order valence-corrected chi connectivity index (χ1v) is 6.71. The van der Waals surface area contributed by atoms with Gasteiger partial charge in [-0.1, -0.05) is 71.6 Å². The molecule has 0 aromatic rings. The van der Waals surface area contributed by atoms with E-state index in [1.807, 2.05) is 0 Å². The molecule has 1 aliphatic carbocycles. The SMILES string of the molecule is CCCCC1[CH-]C(CCCC)CCC1.[Br-].[Mg+2]. The van der Waals surface area contributed by atoms with Crippen LogP contribution in [0.1, 0.15) is 71.6 Å². The van der Waals surface area contributed by atoms with Crippen molar-refractivity contribution in [3.05, 3.63) is 6.42 Å². The zero-order chi connectivity index (χ0) is 10.2. The summed E-state index contributed by atoms with van der Waals surface area (Å²) in [6, 6.07) is 0. The summed E-state index contributed by atoms with van der Waals surface area (Å²) < 4.78 is 0. The second-order valence-corrected chi connectivity index (χ2v) is 4.93. The standard InChI is InChI=1S/C14H27.BrH.Mg/c1-3-5-8-13-10-7-11-14(12-13)9-6-4-2;;/h12-14H,3-11H2,1-2H3;1H;/q-1;;+2/p-1. The Balaban J connectivity index is 0. The molecule has 0 nitrogen and oxygen atoms in total. The molecule has 92 valence electrons. The van der Waals surface area contributed by atoms with E-state index in [2.05, 4.69) is 20.3 Å². The quantitative estimate of drug-likeness (QED) is 0.516. The van der Waals surface area contributed by atoms with Crippen LogP contribution in [0.3, 0.4) is 0 Å². The first-order valence-electron chi connectivity index (χ1n) is 6.71. The summed E-state index contributed by atoms with van der Waals surface area (Å²) in [7, 11) is 0. The van der Waals surface area contributed by atoms with Gasteiger partial charge in [0.25, 0.3) is 0 Å². The normalized spacial score (nSPS) is 24.4. The number of rotatable bonds is 6. The van der Waals surface area contributed by atoms with Gasteiger partial charge in [0.1, 0.15) is 0 Å². The molecule has 0 aliphatic heterocycles. The average molecular weight is 300 g/mol. The van der Waals surface area contributed by atoms with Crippen LogP contribution in [-0.2, 0) is 0 Å². The second-order valence-electron chi connectivity index (χ2n) is 4.93. The molecule has 2 atom stereocenters. The minimum absolute atomic E-state index is 0. The molecule has 0 aromatic carbocycles. The molecule has 1 aliphatic rings. The fourth-order valence-electron chi connectivity index (χ4n) is 2.63. The van der Waals surface area contributed by atoms with Crippen molar-refractivity contribution in [2.24, 2.45) is 11.8 Å². The molecule has 0 aromatic heterocycles. The molecule has 2 unspecified atom stereocenters. The first-order chi connectivity index (χ1) is 6.86. The fraction of sp³-hybridized carbons (Fsp3) is 0.929. The Bertz CT molecular complexity index is 125. The van der Waals surface area contributed by atoms with Gasteiger partial charge in [0.05, 0.1) is 0 Å². The zero-order valence-electron chi connectivity index (χ0n) is 11.2. The summed E-state index contributed by atoms with van der Waals surface area (Å²) >= 11 is 0. The predicted octanol–water partition coefficient (Wildman–Crippen LogP) is 1.61. The number of halogens is 1. The molecule has 1 saturated carbocycles. The van der Waals surface area contributed by atoms with E-state index in [1.54, 1.807) is 0 Å². The Morgan fingerprint density at radius 3 is 1.75 bits per heavy atom. The van der Waals surface area contributed by atoms with Crippen molar-refractivity contribution >= 4 is 23.1 Å². The minimum atomic E-state index is 0. The van der Waals surface area contributed by atoms with Crippen molar-refractivity contribution < 1.29 is 17.0 Å². The average Bonchev–Trinajstić information content (AvgIpc) is 2.24. The predicted molar refractivity (Wildman–Crippen MR) is 69.9 cm³/mol. The van der Waals surface area contributed by atoms with Crippen LogP contribution in [0, 0.1) is 18.3 Å². The molecule has 0 heterocycles. The summed E-state index contributed by atoms with van der Waals surface area (Å²) in [6.07, 6.45) is 15.6. The van der Waals surface area contributed by atoms with Crippen molar-refractivity contribution in [2.45, 2.75) is 71.6 Å². The van der Waals surface area contributed by atoms with E-state index in [-0.39, 0.29) is 40.0 Å². The topological polar surface area (TPSA) is 0 Å². The van der Waals surface area contributed by atoms with E-state index >= 15 is 0 Å². The largest absolute Gasteiger partial charge is 2.00 e. The van der Waals surface area contributed by atoms with Crippen molar-refractivity contribution in [3.8, 4) is 0 Å². The van der Waals surface area contributed by atoms with Gasteiger partial charge in [-0.05, 0) is 0 Å². The third kappa shape index (κ3) is 8.35. The van der Waals surface area contributed by atoms with Crippen LogP contribution in [0.4, 0.5) is 0 Å². The Hall–Kier alpha value is 1.25. The summed E-state index contributed by atoms with van der Waals surface area (Å²) in [5.74, 6) is 1.93. The van der Waals surface area contributed by atoms with Crippen molar-refractivity contribution in [2.75, 3.05) is 0 Å². The molecule has 1 fully saturated rings. The van der Waals surface area contributed by atoms with Gasteiger partial charge in [0, 0.05) is 0 Å². The van der Waals surface area contributed by atoms with E-state index < -0.39 is 0 Å². The maximum Gasteiger partial charge on any atom is 2.00 e. The molecule has 0 bridgehead atoms. The molecular weight excluding hydrogens is 272 g/mol.